The van der Waals surface area contributed by atoms with Crippen molar-refractivity contribution < 1.29 is 14.3 Å². The predicted molar refractivity (Wildman–Crippen MR) is 88.3 cm³/mol. The highest BCUT2D eigenvalue weighted by Crippen LogP contribution is 2.45. The van der Waals surface area contributed by atoms with Crippen molar-refractivity contribution in [3.05, 3.63) is 35.4 Å². The van der Waals surface area contributed by atoms with Crippen LogP contribution in [0.2, 0.25) is 0 Å². The van der Waals surface area contributed by atoms with E-state index in [9.17, 15) is 4.79 Å². The van der Waals surface area contributed by atoms with Crippen molar-refractivity contribution in [3.63, 3.8) is 0 Å². The normalized spacial score (nSPS) is 11.1. The molecule has 0 radical (unpaired) electrons. The summed E-state index contributed by atoms with van der Waals surface area (Å²) in [5, 5.41) is 1.92. The molecule has 0 saturated heterocycles. The van der Waals surface area contributed by atoms with E-state index < -0.39 is 0 Å². The number of carbonyl (C=O) groups excluding carboxylic acids is 1. The zero-order chi connectivity index (χ0) is 16.0. The largest absolute Gasteiger partial charge is 0.493 e. The van der Waals surface area contributed by atoms with Crippen LogP contribution in [-0.2, 0) is 0 Å². The van der Waals surface area contributed by atoms with Crippen LogP contribution < -0.4 is 9.47 Å². The molecule has 0 atom stereocenters. The number of benzene rings is 2. The predicted octanol–water partition coefficient (Wildman–Crippen LogP) is 4.09. The van der Waals surface area contributed by atoms with Gasteiger partial charge in [-0.15, -0.1) is 0 Å². The molecule has 0 aliphatic heterocycles. The van der Waals surface area contributed by atoms with Gasteiger partial charge in [-0.05, 0) is 31.0 Å². The molecule has 22 heavy (non-hydrogen) atoms. The Morgan fingerprint density at radius 2 is 1.64 bits per heavy atom. The van der Waals surface area contributed by atoms with E-state index in [0.717, 1.165) is 38.7 Å². The Labute approximate surface area is 129 Å². The van der Waals surface area contributed by atoms with Gasteiger partial charge < -0.3 is 9.47 Å². The molecule has 0 amide bonds. The van der Waals surface area contributed by atoms with E-state index in [2.05, 4.69) is 0 Å². The number of rotatable bonds is 2. The topological polar surface area (TPSA) is 40.5 Å². The molecule has 1 heterocycles. The molecule has 2 aromatic carbocycles. The second kappa shape index (κ2) is 5.05. The minimum Gasteiger partial charge on any atom is -0.493 e. The number of fused-ring (bicyclic) bond motifs is 3. The number of hydrogen-bond acceptors (Lipinski definition) is 3. The molecular formula is C18H19NO3. The first kappa shape index (κ1) is 14.4. The van der Waals surface area contributed by atoms with Crippen LogP contribution in [0, 0.1) is 13.8 Å². The average molecular weight is 297 g/mol. The number of ether oxygens (including phenoxy) is 2. The molecule has 0 spiro atoms. The van der Waals surface area contributed by atoms with Gasteiger partial charge in [0.25, 0.3) is 0 Å². The number of aromatic nitrogens is 1. The Balaban J connectivity index is 2.71. The lowest BCUT2D eigenvalue weighted by Gasteiger charge is -2.15. The fourth-order valence-corrected chi connectivity index (χ4v) is 3.22. The van der Waals surface area contributed by atoms with Gasteiger partial charge in [0, 0.05) is 12.3 Å². The van der Waals surface area contributed by atoms with Crippen molar-refractivity contribution in [1.82, 2.24) is 4.57 Å². The molecule has 4 nitrogen and oxygen atoms in total. The van der Waals surface area contributed by atoms with E-state index in [1.807, 2.05) is 38.1 Å². The first-order valence-corrected chi connectivity index (χ1v) is 7.18. The second-order valence-electron chi connectivity index (χ2n) is 5.41. The highest BCUT2D eigenvalue weighted by atomic mass is 16.5. The molecule has 0 N–H and O–H groups in total. The van der Waals surface area contributed by atoms with E-state index in [-0.39, 0.29) is 5.91 Å². The summed E-state index contributed by atoms with van der Waals surface area (Å²) in [6.07, 6.45) is 0. The van der Waals surface area contributed by atoms with Crippen LogP contribution in [0.4, 0.5) is 0 Å². The summed E-state index contributed by atoms with van der Waals surface area (Å²) in [5.41, 5.74) is 3.79. The maximum absolute atomic E-state index is 12.2. The monoisotopic (exact) mass is 297 g/mol. The van der Waals surface area contributed by atoms with Gasteiger partial charge in [-0.1, -0.05) is 18.2 Å². The van der Waals surface area contributed by atoms with Gasteiger partial charge in [-0.3, -0.25) is 9.36 Å². The lowest BCUT2D eigenvalue weighted by Crippen LogP contribution is -2.07. The number of carbonyl (C=O) groups is 1. The Morgan fingerprint density at radius 3 is 2.23 bits per heavy atom. The number of aryl methyl sites for hydroxylation is 1. The SMILES string of the molecule is COc1c(C)c(C)c2c(c1OC)c1ccccc1n2C(C)=O. The maximum Gasteiger partial charge on any atom is 0.228 e. The molecule has 0 fully saturated rings. The van der Waals surface area contributed by atoms with Crippen LogP contribution in [0.5, 0.6) is 11.5 Å². The molecule has 0 unspecified atom stereocenters. The van der Waals surface area contributed by atoms with Crippen molar-refractivity contribution in [2.45, 2.75) is 20.8 Å². The van der Waals surface area contributed by atoms with Gasteiger partial charge in [0.2, 0.25) is 5.91 Å². The summed E-state index contributed by atoms with van der Waals surface area (Å²) in [6, 6.07) is 7.87. The van der Waals surface area contributed by atoms with Gasteiger partial charge in [0.05, 0.1) is 30.6 Å². The maximum atomic E-state index is 12.2. The lowest BCUT2D eigenvalue weighted by atomic mass is 10.0. The average Bonchev–Trinajstić information content (AvgIpc) is 2.86. The highest BCUT2D eigenvalue weighted by Gasteiger charge is 2.24. The molecule has 0 aliphatic carbocycles. The quantitative estimate of drug-likeness (QED) is 0.715. The first-order chi connectivity index (χ1) is 10.5. The molecule has 0 bridgehead atoms. The third-order valence-corrected chi connectivity index (χ3v) is 4.29. The van der Waals surface area contributed by atoms with E-state index in [1.165, 1.54) is 0 Å². The molecule has 3 aromatic rings. The minimum absolute atomic E-state index is 0.0130. The molecule has 114 valence electrons. The van der Waals surface area contributed by atoms with Crippen LogP contribution in [0.15, 0.2) is 24.3 Å². The number of methoxy groups -OCH3 is 2. The van der Waals surface area contributed by atoms with Crippen molar-refractivity contribution in [3.8, 4) is 11.5 Å². The fourth-order valence-electron chi connectivity index (χ4n) is 3.22. The fraction of sp³-hybridized carbons (Fsp3) is 0.278. The number of para-hydroxylation sites is 1. The molecule has 0 saturated carbocycles. The molecule has 1 aromatic heterocycles. The van der Waals surface area contributed by atoms with Gasteiger partial charge in [-0.2, -0.15) is 0 Å². The summed E-state index contributed by atoms with van der Waals surface area (Å²) in [4.78, 5) is 12.2. The third-order valence-electron chi connectivity index (χ3n) is 4.29. The second-order valence-corrected chi connectivity index (χ2v) is 5.41. The van der Waals surface area contributed by atoms with Crippen molar-refractivity contribution in [1.29, 1.82) is 0 Å². The van der Waals surface area contributed by atoms with Crippen LogP contribution in [-0.4, -0.2) is 24.7 Å². The van der Waals surface area contributed by atoms with Gasteiger partial charge in [0.1, 0.15) is 0 Å². The van der Waals surface area contributed by atoms with Crippen molar-refractivity contribution in [2.75, 3.05) is 14.2 Å². The molecular weight excluding hydrogens is 278 g/mol. The zero-order valence-electron chi connectivity index (χ0n) is 13.5. The van der Waals surface area contributed by atoms with Gasteiger partial charge in [-0.25, -0.2) is 0 Å². The van der Waals surface area contributed by atoms with Gasteiger partial charge >= 0.3 is 0 Å². The third kappa shape index (κ3) is 1.73. The smallest absolute Gasteiger partial charge is 0.228 e. The van der Waals surface area contributed by atoms with E-state index in [1.54, 1.807) is 25.7 Å². The van der Waals surface area contributed by atoms with Crippen molar-refractivity contribution in [2.24, 2.45) is 0 Å². The van der Waals surface area contributed by atoms with E-state index in [0.29, 0.717) is 5.75 Å². The summed E-state index contributed by atoms with van der Waals surface area (Å²) in [7, 11) is 3.27. The summed E-state index contributed by atoms with van der Waals surface area (Å²) in [5.74, 6) is 1.39. The summed E-state index contributed by atoms with van der Waals surface area (Å²) < 4.78 is 13.0. The van der Waals surface area contributed by atoms with Crippen molar-refractivity contribution >= 4 is 27.7 Å². The Kier molecular flexibility index (Phi) is 3.32. The Hall–Kier alpha value is -2.49. The minimum atomic E-state index is -0.0130. The standard InChI is InChI=1S/C18H19NO3/c1-10-11(2)17(21-4)18(22-5)15-13-8-6-7-9-14(13)19(12(3)20)16(10)15/h6-9H,1-5H3. The van der Waals surface area contributed by atoms with Crippen LogP contribution >= 0.6 is 0 Å². The molecule has 0 aliphatic rings. The van der Waals surface area contributed by atoms with Crippen LogP contribution in [0.1, 0.15) is 22.8 Å². The lowest BCUT2D eigenvalue weighted by molar-refractivity contribution is 0.0946. The summed E-state index contributed by atoms with van der Waals surface area (Å²) >= 11 is 0. The van der Waals surface area contributed by atoms with E-state index >= 15 is 0 Å². The number of hydrogen-bond donors (Lipinski definition) is 0. The Morgan fingerprint density at radius 1 is 1.00 bits per heavy atom. The van der Waals surface area contributed by atoms with Gasteiger partial charge in [0.15, 0.2) is 11.5 Å². The highest BCUT2D eigenvalue weighted by molar-refractivity contribution is 6.17. The zero-order valence-corrected chi connectivity index (χ0v) is 13.5. The van der Waals surface area contributed by atoms with Crippen LogP contribution in [0.25, 0.3) is 21.8 Å². The first-order valence-electron chi connectivity index (χ1n) is 7.18. The molecule has 3 rings (SSSR count). The Bertz CT molecular complexity index is 906. The van der Waals surface area contributed by atoms with E-state index in [4.69, 9.17) is 9.47 Å². The van der Waals surface area contributed by atoms with Crippen LogP contribution in [0.3, 0.4) is 0 Å². The number of nitrogens with zero attached hydrogens (tertiary/aromatic N) is 1. The summed E-state index contributed by atoms with van der Waals surface area (Å²) in [6.45, 7) is 5.58. The molecule has 4 heteroatoms.